The molecule has 4 rings (SSSR count). The van der Waals surface area contributed by atoms with Crippen molar-refractivity contribution in [3.63, 3.8) is 0 Å². The second-order valence-electron chi connectivity index (χ2n) is 8.52. The van der Waals surface area contributed by atoms with Crippen molar-refractivity contribution in [3.8, 4) is 0 Å². The summed E-state index contributed by atoms with van der Waals surface area (Å²) in [7, 11) is 0. The van der Waals surface area contributed by atoms with E-state index in [9.17, 15) is 9.90 Å². The van der Waals surface area contributed by atoms with Gasteiger partial charge in [-0.15, -0.1) is 0 Å². The molecule has 1 saturated carbocycles. The molecule has 0 aromatic heterocycles. The molecular formula is C25H30N4O2. The first-order chi connectivity index (χ1) is 15.0. The van der Waals surface area contributed by atoms with Crippen molar-refractivity contribution < 1.29 is 9.90 Å². The van der Waals surface area contributed by atoms with Crippen molar-refractivity contribution in [2.75, 3.05) is 23.7 Å². The van der Waals surface area contributed by atoms with Gasteiger partial charge in [-0.2, -0.15) is 0 Å². The molecule has 0 atom stereocenters. The second-order valence-corrected chi connectivity index (χ2v) is 8.52. The highest BCUT2D eigenvalue weighted by atomic mass is 16.4. The van der Waals surface area contributed by atoms with Crippen molar-refractivity contribution in [2.24, 2.45) is 4.99 Å². The Morgan fingerprint density at radius 3 is 2.42 bits per heavy atom. The lowest BCUT2D eigenvalue weighted by atomic mass is 10.0. The Morgan fingerprint density at radius 1 is 1.13 bits per heavy atom. The van der Waals surface area contributed by atoms with Gasteiger partial charge in [0.2, 0.25) is 0 Å². The molecule has 1 saturated heterocycles. The van der Waals surface area contributed by atoms with Crippen LogP contribution in [0.2, 0.25) is 0 Å². The number of anilines is 3. The summed E-state index contributed by atoms with van der Waals surface area (Å²) in [6.45, 7) is 7.21. The molecule has 2 fully saturated rings. The van der Waals surface area contributed by atoms with E-state index in [4.69, 9.17) is 0 Å². The highest BCUT2D eigenvalue weighted by Crippen LogP contribution is 2.43. The zero-order valence-electron chi connectivity index (χ0n) is 18.0. The highest BCUT2D eigenvalue weighted by Gasteiger charge is 2.55. The number of carbonyl (C=O) groups is 1. The molecule has 2 aromatic rings. The van der Waals surface area contributed by atoms with Crippen LogP contribution in [0, 0.1) is 0 Å². The number of rotatable bonds is 8. The smallest absolute Gasteiger partial charge is 0.324 e. The van der Waals surface area contributed by atoms with Gasteiger partial charge < -0.3 is 15.7 Å². The predicted octanol–water partition coefficient (Wildman–Crippen LogP) is 4.99. The van der Waals surface area contributed by atoms with Crippen LogP contribution in [0.25, 0.3) is 5.57 Å². The SMILES string of the molecule is C=NC=C(C)c1cccc(Nc2cccc(NC3CCN(C4(C(=O)O)CC4)CC3)c2)c1. The molecule has 6 nitrogen and oxygen atoms in total. The van der Waals surface area contributed by atoms with E-state index in [0.29, 0.717) is 6.04 Å². The molecule has 3 N–H and O–H groups in total. The number of nitrogens with one attached hydrogen (secondary N) is 2. The number of carboxylic acid groups (broad SMARTS) is 1. The van der Waals surface area contributed by atoms with Crippen molar-refractivity contribution in [3.05, 3.63) is 60.3 Å². The molecule has 0 spiro atoms. The first-order valence-corrected chi connectivity index (χ1v) is 10.9. The molecule has 2 aliphatic rings. The van der Waals surface area contributed by atoms with Crippen LogP contribution in [-0.4, -0.2) is 47.4 Å². The minimum Gasteiger partial charge on any atom is -0.480 e. The minimum atomic E-state index is -0.659. The maximum absolute atomic E-state index is 11.6. The van der Waals surface area contributed by atoms with E-state index in [1.54, 1.807) is 6.20 Å². The van der Waals surface area contributed by atoms with Gasteiger partial charge >= 0.3 is 5.97 Å². The van der Waals surface area contributed by atoms with Crippen LogP contribution in [0.1, 0.15) is 38.2 Å². The maximum Gasteiger partial charge on any atom is 0.324 e. The van der Waals surface area contributed by atoms with E-state index < -0.39 is 11.5 Å². The lowest BCUT2D eigenvalue weighted by Crippen LogP contribution is -2.49. The summed E-state index contributed by atoms with van der Waals surface area (Å²) in [4.78, 5) is 17.6. The van der Waals surface area contributed by atoms with Gasteiger partial charge in [0.15, 0.2) is 0 Å². The largest absolute Gasteiger partial charge is 0.480 e. The fraction of sp³-hybridized carbons (Fsp3) is 0.360. The van der Waals surface area contributed by atoms with Crippen molar-refractivity contribution >= 4 is 35.3 Å². The number of piperidine rings is 1. The van der Waals surface area contributed by atoms with Gasteiger partial charge in [-0.25, -0.2) is 0 Å². The van der Waals surface area contributed by atoms with Gasteiger partial charge in [0, 0.05) is 42.4 Å². The molecule has 6 heteroatoms. The molecule has 0 bridgehead atoms. The third-order valence-corrected chi connectivity index (χ3v) is 6.35. The number of aliphatic carboxylic acids is 1. The van der Waals surface area contributed by atoms with E-state index in [-0.39, 0.29) is 0 Å². The number of hydrogen-bond donors (Lipinski definition) is 3. The Kier molecular flexibility index (Phi) is 6.09. The summed E-state index contributed by atoms with van der Waals surface area (Å²) < 4.78 is 0. The fourth-order valence-corrected chi connectivity index (χ4v) is 4.38. The molecule has 162 valence electrons. The molecule has 1 heterocycles. The van der Waals surface area contributed by atoms with Crippen LogP contribution in [0.4, 0.5) is 17.1 Å². The first-order valence-electron chi connectivity index (χ1n) is 10.9. The van der Waals surface area contributed by atoms with Gasteiger partial charge in [-0.1, -0.05) is 18.2 Å². The minimum absolute atomic E-state index is 0.360. The maximum atomic E-state index is 11.6. The Balaban J connectivity index is 1.36. The summed E-state index contributed by atoms with van der Waals surface area (Å²) in [6.07, 6.45) is 5.25. The Labute approximate surface area is 183 Å². The van der Waals surface area contributed by atoms with Crippen molar-refractivity contribution in [1.29, 1.82) is 0 Å². The number of nitrogens with zero attached hydrogens (tertiary/aromatic N) is 2. The fourth-order valence-electron chi connectivity index (χ4n) is 4.38. The number of allylic oxidation sites excluding steroid dienone is 1. The average Bonchev–Trinajstić information content (AvgIpc) is 3.57. The summed E-state index contributed by atoms with van der Waals surface area (Å²) >= 11 is 0. The molecule has 1 aliphatic heterocycles. The molecular weight excluding hydrogens is 388 g/mol. The van der Waals surface area contributed by atoms with Crippen LogP contribution >= 0.6 is 0 Å². The molecule has 31 heavy (non-hydrogen) atoms. The normalized spacial score (nSPS) is 18.9. The van der Waals surface area contributed by atoms with E-state index in [2.05, 4.69) is 57.6 Å². The Bertz CT molecular complexity index is 989. The average molecular weight is 419 g/mol. The second kappa shape index (κ2) is 8.94. The lowest BCUT2D eigenvalue weighted by molar-refractivity contribution is -0.145. The topological polar surface area (TPSA) is 77.0 Å². The monoisotopic (exact) mass is 418 g/mol. The van der Waals surface area contributed by atoms with E-state index in [1.165, 1.54) is 0 Å². The number of hydrogen-bond acceptors (Lipinski definition) is 5. The van der Waals surface area contributed by atoms with Crippen LogP contribution in [0.15, 0.2) is 59.7 Å². The molecule has 0 radical (unpaired) electrons. The number of carboxylic acids is 1. The Morgan fingerprint density at radius 2 is 1.77 bits per heavy atom. The van der Waals surface area contributed by atoms with E-state index in [0.717, 1.165) is 67.0 Å². The summed E-state index contributed by atoms with van der Waals surface area (Å²) in [5.74, 6) is -0.659. The van der Waals surface area contributed by atoms with Crippen LogP contribution in [0.5, 0.6) is 0 Å². The molecule has 0 unspecified atom stereocenters. The van der Waals surface area contributed by atoms with Gasteiger partial charge in [0.1, 0.15) is 5.54 Å². The highest BCUT2D eigenvalue weighted by molar-refractivity contribution is 5.82. The number of benzene rings is 2. The third kappa shape index (κ3) is 4.80. The summed E-state index contributed by atoms with van der Waals surface area (Å²) in [5.41, 5.74) is 4.71. The quantitative estimate of drug-likeness (QED) is 0.527. The van der Waals surface area contributed by atoms with Crippen molar-refractivity contribution in [2.45, 2.75) is 44.2 Å². The standard InChI is InChI=1S/C25H30N4O2/c1-18(17-26-2)19-5-3-6-21(15-19)28-23-8-4-7-22(16-23)27-20-9-13-29(14-10-20)25(11-12-25)24(30)31/h3-8,15-17,20,27-28H,2,9-14H2,1H3,(H,30,31). The van der Waals surface area contributed by atoms with Gasteiger partial charge in [0.25, 0.3) is 0 Å². The Hall–Kier alpha value is -3.12. The lowest BCUT2D eigenvalue weighted by Gasteiger charge is -2.36. The molecule has 2 aromatic carbocycles. The number of likely N-dealkylation sites (tertiary alicyclic amines) is 1. The van der Waals surface area contributed by atoms with Gasteiger partial charge in [-0.05, 0) is 80.8 Å². The zero-order chi connectivity index (χ0) is 21.8. The molecule has 1 aliphatic carbocycles. The summed E-state index contributed by atoms with van der Waals surface area (Å²) in [6, 6.07) is 16.9. The van der Waals surface area contributed by atoms with Crippen LogP contribution in [-0.2, 0) is 4.79 Å². The summed E-state index contributed by atoms with van der Waals surface area (Å²) in [5, 5.41) is 16.6. The van der Waals surface area contributed by atoms with E-state index >= 15 is 0 Å². The predicted molar refractivity (Wildman–Crippen MR) is 127 cm³/mol. The van der Waals surface area contributed by atoms with Crippen LogP contribution in [0.3, 0.4) is 0 Å². The zero-order valence-corrected chi connectivity index (χ0v) is 18.0. The van der Waals surface area contributed by atoms with Gasteiger partial charge in [0.05, 0.1) is 0 Å². The first kappa shape index (κ1) is 21.1. The van der Waals surface area contributed by atoms with Gasteiger partial charge in [-0.3, -0.25) is 14.7 Å². The number of aliphatic imine (C=N–C) groups is 1. The van der Waals surface area contributed by atoms with E-state index in [1.807, 2.05) is 25.1 Å². The molecule has 0 amide bonds. The van der Waals surface area contributed by atoms with Crippen LogP contribution < -0.4 is 10.6 Å². The van der Waals surface area contributed by atoms with Crippen molar-refractivity contribution in [1.82, 2.24) is 4.90 Å². The third-order valence-electron chi connectivity index (χ3n) is 6.35.